The van der Waals surface area contributed by atoms with Crippen LogP contribution < -0.4 is 5.32 Å². The summed E-state index contributed by atoms with van der Waals surface area (Å²) in [7, 11) is 1.38. The van der Waals surface area contributed by atoms with Gasteiger partial charge in [-0.3, -0.25) is 4.79 Å². The number of hydrogen-bond donors (Lipinski definition) is 1. The molecule has 0 saturated carbocycles. The van der Waals surface area contributed by atoms with Crippen LogP contribution in [0.4, 0.5) is 4.39 Å². The van der Waals surface area contributed by atoms with Gasteiger partial charge in [-0.05, 0) is 31.5 Å². The summed E-state index contributed by atoms with van der Waals surface area (Å²) in [4.78, 5) is 11.3. The molecule has 3 nitrogen and oxygen atoms in total. The van der Waals surface area contributed by atoms with Gasteiger partial charge in [-0.15, -0.1) is 0 Å². The molecule has 18 heavy (non-hydrogen) atoms. The van der Waals surface area contributed by atoms with Crippen molar-refractivity contribution in [3.63, 3.8) is 0 Å². The first-order chi connectivity index (χ1) is 8.56. The highest BCUT2D eigenvalue weighted by Crippen LogP contribution is 2.08. The topological polar surface area (TPSA) is 38.3 Å². The van der Waals surface area contributed by atoms with E-state index < -0.39 is 0 Å². The zero-order valence-corrected chi connectivity index (χ0v) is 11.1. The minimum Gasteiger partial charge on any atom is -0.469 e. The average Bonchev–Trinajstić information content (AvgIpc) is 2.39. The van der Waals surface area contributed by atoms with Crippen LogP contribution >= 0.6 is 0 Å². The Morgan fingerprint density at radius 1 is 1.39 bits per heavy atom. The molecule has 100 valence electrons. The summed E-state index contributed by atoms with van der Waals surface area (Å²) >= 11 is 0. The quantitative estimate of drug-likeness (QED) is 0.789. The number of benzene rings is 1. The molecule has 0 radical (unpaired) electrons. The highest BCUT2D eigenvalue weighted by atomic mass is 19.1. The Hall–Kier alpha value is -1.42. The van der Waals surface area contributed by atoms with Crippen LogP contribution in [0.1, 0.15) is 19.4 Å². The first kappa shape index (κ1) is 14.6. The van der Waals surface area contributed by atoms with Gasteiger partial charge in [-0.1, -0.05) is 25.1 Å². The Bertz CT molecular complexity index is 395. The van der Waals surface area contributed by atoms with E-state index in [0.717, 1.165) is 0 Å². The Balaban J connectivity index is 2.38. The van der Waals surface area contributed by atoms with Crippen LogP contribution in [0.5, 0.6) is 0 Å². The van der Waals surface area contributed by atoms with E-state index in [1.807, 2.05) is 19.9 Å². The second-order valence-electron chi connectivity index (χ2n) is 4.40. The summed E-state index contributed by atoms with van der Waals surface area (Å²) < 4.78 is 18.0. The second-order valence-corrected chi connectivity index (χ2v) is 4.40. The Morgan fingerprint density at radius 2 is 2.06 bits per heavy atom. The number of carbonyl (C=O) groups is 1. The lowest BCUT2D eigenvalue weighted by Crippen LogP contribution is -2.37. The Morgan fingerprint density at radius 3 is 2.67 bits per heavy atom. The zero-order valence-electron chi connectivity index (χ0n) is 11.1. The smallest absolute Gasteiger partial charge is 0.309 e. The van der Waals surface area contributed by atoms with Crippen molar-refractivity contribution >= 4 is 5.97 Å². The third-order valence-corrected chi connectivity index (χ3v) is 3.14. The second kappa shape index (κ2) is 7.11. The molecule has 0 aromatic heterocycles. The molecule has 2 unspecified atom stereocenters. The predicted molar refractivity (Wildman–Crippen MR) is 68.7 cm³/mol. The molecule has 0 heterocycles. The monoisotopic (exact) mass is 253 g/mol. The highest BCUT2D eigenvalue weighted by Gasteiger charge is 2.19. The molecule has 0 fully saturated rings. The molecule has 4 heteroatoms. The van der Waals surface area contributed by atoms with Crippen molar-refractivity contribution in [2.45, 2.75) is 26.3 Å². The van der Waals surface area contributed by atoms with Gasteiger partial charge in [0.2, 0.25) is 0 Å². The lowest BCUT2D eigenvalue weighted by atomic mass is 10.0. The van der Waals surface area contributed by atoms with Gasteiger partial charge in [0.1, 0.15) is 5.82 Å². The standard InChI is InChI=1S/C14H20FNO2/c1-10(14(17)18-3)11(2)16-9-8-12-6-4-5-7-13(12)15/h4-7,10-11,16H,8-9H2,1-3H3. The van der Waals surface area contributed by atoms with Crippen molar-refractivity contribution in [1.82, 2.24) is 5.32 Å². The fourth-order valence-corrected chi connectivity index (χ4v) is 1.70. The van der Waals surface area contributed by atoms with Crippen LogP contribution in [-0.2, 0) is 16.0 Å². The van der Waals surface area contributed by atoms with Crippen LogP contribution in [0.3, 0.4) is 0 Å². The van der Waals surface area contributed by atoms with E-state index in [0.29, 0.717) is 18.5 Å². The van der Waals surface area contributed by atoms with Crippen LogP contribution in [0.25, 0.3) is 0 Å². The minimum absolute atomic E-state index is 0.00391. The van der Waals surface area contributed by atoms with E-state index in [-0.39, 0.29) is 23.7 Å². The zero-order chi connectivity index (χ0) is 13.5. The number of methoxy groups -OCH3 is 1. The predicted octanol–water partition coefficient (Wildman–Crippen LogP) is 2.16. The molecular formula is C14H20FNO2. The fourth-order valence-electron chi connectivity index (χ4n) is 1.70. The summed E-state index contributed by atoms with van der Waals surface area (Å²) in [6, 6.07) is 6.72. The summed E-state index contributed by atoms with van der Waals surface area (Å²) in [5, 5.41) is 3.21. The van der Waals surface area contributed by atoms with Gasteiger partial charge in [-0.2, -0.15) is 0 Å². The molecule has 0 saturated heterocycles. The number of carbonyl (C=O) groups excluding carboxylic acids is 1. The van der Waals surface area contributed by atoms with E-state index in [4.69, 9.17) is 0 Å². The highest BCUT2D eigenvalue weighted by molar-refractivity contribution is 5.72. The molecule has 1 N–H and O–H groups in total. The fraction of sp³-hybridized carbons (Fsp3) is 0.500. The number of esters is 1. The van der Waals surface area contributed by atoms with E-state index in [2.05, 4.69) is 10.1 Å². The van der Waals surface area contributed by atoms with Gasteiger partial charge < -0.3 is 10.1 Å². The van der Waals surface area contributed by atoms with Gasteiger partial charge in [0.25, 0.3) is 0 Å². The largest absolute Gasteiger partial charge is 0.469 e. The van der Waals surface area contributed by atoms with Gasteiger partial charge in [0.05, 0.1) is 13.0 Å². The Labute approximate surface area is 107 Å². The van der Waals surface area contributed by atoms with E-state index in [1.54, 1.807) is 12.1 Å². The molecule has 0 aliphatic heterocycles. The lowest BCUT2D eigenvalue weighted by molar-refractivity contribution is -0.145. The van der Waals surface area contributed by atoms with Gasteiger partial charge in [-0.25, -0.2) is 4.39 Å². The van der Waals surface area contributed by atoms with Crippen LogP contribution in [0.2, 0.25) is 0 Å². The van der Waals surface area contributed by atoms with E-state index in [1.165, 1.54) is 13.2 Å². The van der Waals surface area contributed by atoms with Crippen LogP contribution in [0.15, 0.2) is 24.3 Å². The van der Waals surface area contributed by atoms with Crippen molar-refractivity contribution in [2.75, 3.05) is 13.7 Å². The molecule has 0 aliphatic carbocycles. The molecule has 0 aliphatic rings. The number of nitrogens with one attached hydrogen (secondary N) is 1. The molecule has 0 spiro atoms. The van der Waals surface area contributed by atoms with Gasteiger partial charge >= 0.3 is 5.97 Å². The SMILES string of the molecule is COC(=O)C(C)C(C)NCCc1ccccc1F. The number of halogens is 1. The van der Waals surface area contributed by atoms with Crippen LogP contribution in [0, 0.1) is 11.7 Å². The summed E-state index contributed by atoms with van der Waals surface area (Å²) in [5.41, 5.74) is 0.683. The number of hydrogen-bond acceptors (Lipinski definition) is 3. The molecule has 2 atom stereocenters. The Kier molecular flexibility index (Phi) is 5.78. The van der Waals surface area contributed by atoms with Crippen LogP contribution in [-0.4, -0.2) is 25.7 Å². The minimum atomic E-state index is -0.235. The van der Waals surface area contributed by atoms with Crippen molar-refractivity contribution < 1.29 is 13.9 Å². The van der Waals surface area contributed by atoms with E-state index in [9.17, 15) is 9.18 Å². The normalized spacial score (nSPS) is 14.0. The lowest BCUT2D eigenvalue weighted by Gasteiger charge is -2.19. The van der Waals surface area contributed by atoms with E-state index >= 15 is 0 Å². The maximum atomic E-state index is 13.4. The first-order valence-corrected chi connectivity index (χ1v) is 6.11. The third-order valence-electron chi connectivity index (χ3n) is 3.14. The molecular weight excluding hydrogens is 233 g/mol. The van der Waals surface area contributed by atoms with Gasteiger partial charge in [0, 0.05) is 6.04 Å². The number of ether oxygens (including phenoxy) is 1. The number of rotatable bonds is 6. The first-order valence-electron chi connectivity index (χ1n) is 6.11. The third kappa shape index (κ3) is 4.11. The maximum absolute atomic E-state index is 13.4. The van der Waals surface area contributed by atoms with Crippen molar-refractivity contribution in [1.29, 1.82) is 0 Å². The van der Waals surface area contributed by atoms with Crippen molar-refractivity contribution in [3.8, 4) is 0 Å². The molecule has 1 aromatic carbocycles. The molecule has 0 bridgehead atoms. The molecule has 1 aromatic rings. The van der Waals surface area contributed by atoms with Crippen molar-refractivity contribution in [3.05, 3.63) is 35.6 Å². The van der Waals surface area contributed by atoms with Crippen molar-refractivity contribution in [2.24, 2.45) is 5.92 Å². The summed E-state index contributed by atoms with van der Waals surface area (Å²) in [5.74, 6) is -0.635. The van der Waals surface area contributed by atoms with Gasteiger partial charge in [0.15, 0.2) is 0 Å². The summed E-state index contributed by atoms with van der Waals surface area (Å²) in [6.07, 6.45) is 0.602. The molecule has 1 rings (SSSR count). The molecule has 0 amide bonds. The average molecular weight is 253 g/mol. The maximum Gasteiger partial charge on any atom is 0.309 e. The summed E-state index contributed by atoms with van der Waals surface area (Å²) in [6.45, 7) is 4.36.